The van der Waals surface area contributed by atoms with E-state index >= 15 is 0 Å². The molecule has 1 fully saturated rings. The third kappa shape index (κ3) is 3.15. The Morgan fingerprint density at radius 3 is 2.62 bits per heavy atom. The van der Waals surface area contributed by atoms with Crippen molar-refractivity contribution in [3.63, 3.8) is 0 Å². The largest absolute Gasteiger partial charge is 0.396 e. The zero-order valence-corrected chi connectivity index (χ0v) is 13.2. The van der Waals surface area contributed by atoms with Gasteiger partial charge in [0.15, 0.2) is 0 Å². The maximum atomic E-state index is 13.3. The van der Waals surface area contributed by atoms with Crippen molar-refractivity contribution in [2.45, 2.75) is 42.7 Å². The van der Waals surface area contributed by atoms with E-state index in [1.807, 2.05) is 0 Å². The molecule has 1 saturated carbocycles. The van der Waals surface area contributed by atoms with Gasteiger partial charge in [0.1, 0.15) is 10.7 Å². The van der Waals surface area contributed by atoms with E-state index in [4.69, 9.17) is 17.3 Å². The zero-order valence-electron chi connectivity index (χ0n) is 11.6. The van der Waals surface area contributed by atoms with E-state index in [0.29, 0.717) is 12.8 Å². The van der Waals surface area contributed by atoms with Crippen LogP contribution in [0.4, 0.5) is 10.1 Å². The summed E-state index contributed by atoms with van der Waals surface area (Å²) in [4.78, 5) is -0.247. The number of rotatable bonds is 3. The quantitative estimate of drug-likeness (QED) is 0.827. The molecule has 0 radical (unpaired) electrons. The fourth-order valence-electron chi connectivity index (χ4n) is 2.59. The van der Waals surface area contributed by atoms with Crippen molar-refractivity contribution < 1.29 is 17.9 Å². The highest BCUT2D eigenvalue weighted by Crippen LogP contribution is 2.32. The van der Waals surface area contributed by atoms with E-state index in [0.717, 1.165) is 29.3 Å². The standard InChI is InChI=1S/C13H18ClFN2O3S/c1-17(11-4-2-3-5-12(11)18)21(19,20)13-7-10(16)9(15)6-8(13)14/h6-7,11-12,18H,2-5,16H2,1H3. The summed E-state index contributed by atoms with van der Waals surface area (Å²) < 4.78 is 39.6. The Morgan fingerprint density at radius 1 is 1.38 bits per heavy atom. The average molecular weight is 337 g/mol. The molecule has 2 rings (SSSR count). The normalized spacial score (nSPS) is 23.5. The first-order valence-corrected chi connectivity index (χ1v) is 8.47. The van der Waals surface area contributed by atoms with E-state index in [9.17, 15) is 17.9 Å². The number of nitrogens with zero attached hydrogens (tertiary/aromatic N) is 1. The monoisotopic (exact) mass is 336 g/mol. The molecule has 1 aromatic rings. The van der Waals surface area contributed by atoms with Crippen molar-refractivity contribution in [2.75, 3.05) is 12.8 Å². The molecule has 0 aromatic heterocycles. The van der Waals surface area contributed by atoms with Gasteiger partial charge in [-0.2, -0.15) is 4.31 Å². The first kappa shape index (κ1) is 16.5. The van der Waals surface area contributed by atoms with Gasteiger partial charge in [-0.1, -0.05) is 24.4 Å². The highest BCUT2D eigenvalue weighted by atomic mass is 35.5. The fraction of sp³-hybridized carbons (Fsp3) is 0.538. The number of benzene rings is 1. The molecule has 0 amide bonds. The number of nitrogen functional groups attached to an aromatic ring is 1. The summed E-state index contributed by atoms with van der Waals surface area (Å²) >= 11 is 5.84. The van der Waals surface area contributed by atoms with Crippen LogP contribution >= 0.6 is 11.6 Å². The van der Waals surface area contributed by atoms with Gasteiger partial charge in [-0.15, -0.1) is 0 Å². The minimum absolute atomic E-state index is 0.223. The maximum Gasteiger partial charge on any atom is 0.244 e. The fourth-order valence-corrected chi connectivity index (χ4v) is 4.53. The number of likely N-dealkylation sites (N-methyl/N-ethyl adjacent to an activating group) is 1. The van der Waals surface area contributed by atoms with Gasteiger partial charge in [-0.3, -0.25) is 0 Å². The van der Waals surface area contributed by atoms with Gasteiger partial charge >= 0.3 is 0 Å². The third-order valence-electron chi connectivity index (χ3n) is 3.87. The third-order valence-corrected chi connectivity index (χ3v) is 6.22. The number of hydrogen-bond acceptors (Lipinski definition) is 4. The lowest BCUT2D eigenvalue weighted by atomic mass is 9.93. The SMILES string of the molecule is CN(C1CCCCC1O)S(=O)(=O)c1cc(N)c(F)cc1Cl. The Labute approximate surface area is 128 Å². The Kier molecular flexibility index (Phi) is 4.77. The Balaban J connectivity index is 2.39. The molecule has 2 atom stereocenters. The number of hydrogen-bond donors (Lipinski definition) is 2. The maximum absolute atomic E-state index is 13.3. The second-order valence-corrected chi connectivity index (χ2v) is 7.62. The Hall–Kier alpha value is -0.890. The topological polar surface area (TPSA) is 83.6 Å². The molecular formula is C13H18ClFN2O3S. The number of nitrogens with two attached hydrogens (primary N) is 1. The molecule has 21 heavy (non-hydrogen) atoms. The average Bonchev–Trinajstić information content (AvgIpc) is 2.42. The number of aliphatic hydroxyl groups is 1. The number of halogens is 2. The van der Waals surface area contributed by atoms with Crippen LogP contribution in [0.1, 0.15) is 25.7 Å². The smallest absolute Gasteiger partial charge is 0.244 e. The van der Waals surface area contributed by atoms with Gasteiger partial charge in [-0.05, 0) is 25.0 Å². The molecular weight excluding hydrogens is 319 g/mol. The van der Waals surface area contributed by atoms with Crippen LogP contribution in [0.5, 0.6) is 0 Å². The Morgan fingerprint density at radius 2 is 2.00 bits per heavy atom. The minimum Gasteiger partial charge on any atom is -0.396 e. The first-order valence-electron chi connectivity index (χ1n) is 6.65. The van der Waals surface area contributed by atoms with E-state index in [2.05, 4.69) is 0 Å². The van der Waals surface area contributed by atoms with Crippen molar-refractivity contribution >= 4 is 27.3 Å². The Bertz CT molecular complexity index is 639. The molecule has 1 aromatic carbocycles. The summed E-state index contributed by atoms with van der Waals surface area (Å²) in [5.74, 6) is -0.765. The zero-order chi connectivity index (χ0) is 15.8. The van der Waals surface area contributed by atoms with Crippen LogP contribution < -0.4 is 5.73 Å². The van der Waals surface area contributed by atoms with E-state index in [-0.39, 0.29) is 15.6 Å². The molecule has 0 heterocycles. The summed E-state index contributed by atoms with van der Waals surface area (Å²) in [7, 11) is -2.55. The highest BCUT2D eigenvalue weighted by Gasteiger charge is 2.35. The molecule has 3 N–H and O–H groups in total. The van der Waals surface area contributed by atoms with Crippen LogP contribution in [0.25, 0.3) is 0 Å². The molecule has 0 bridgehead atoms. The summed E-state index contributed by atoms with van der Waals surface area (Å²) in [6.45, 7) is 0. The molecule has 0 aliphatic heterocycles. The summed E-state index contributed by atoms with van der Waals surface area (Å²) in [5.41, 5.74) is 5.14. The van der Waals surface area contributed by atoms with Crippen molar-refractivity contribution in [3.8, 4) is 0 Å². The van der Waals surface area contributed by atoms with Crippen molar-refractivity contribution in [1.29, 1.82) is 0 Å². The second kappa shape index (κ2) is 6.08. The van der Waals surface area contributed by atoms with Gasteiger partial charge < -0.3 is 10.8 Å². The lowest BCUT2D eigenvalue weighted by molar-refractivity contribution is 0.0638. The van der Waals surface area contributed by atoms with Crippen LogP contribution in [-0.4, -0.2) is 37.0 Å². The van der Waals surface area contributed by atoms with Gasteiger partial charge in [-0.25, -0.2) is 12.8 Å². The van der Waals surface area contributed by atoms with Crippen LogP contribution in [0.2, 0.25) is 5.02 Å². The molecule has 118 valence electrons. The predicted octanol–water partition coefficient (Wildman–Crippen LogP) is 1.99. The van der Waals surface area contributed by atoms with Crippen LogP contribution in [0.3, 0.4) is 0 Å². The molecule has 8 heteroatoms. The molecule has 2 unspecified atom stereocenters. The molecule has 5 nitrogen and oxygen atoms in total. The van der Waals surface area contributed by atoms with Crippen molar-refractivity contribution in [1.82, 2.24) is 4.31 Å². The predicted molar refractivity (Wildman–Crippen MR) is 79.0 cm³/mol. The lowest BCUT2D eigenvalue weighted by Gasteiger charge is -2.34. The number of aliphatic hydroxyl groups excluding tert-OH is 1. The van der Waals surface area contributed by atoms with Crippen LogP contribution in [0, 0.1) is 5.82 Å². The lowest BCUT2D eigenvalue weighted by Crippen LogP contribution is -2.46. The van der Waals surface area contributed by atoms with Gasteiger partial charge in [0, 0.05) is 7.05 Å². The molecule has 1 aliphatic rings. The van der Waals surface area contributed by atoms with Crippen molar-refractivity contribution in [3.05, 3.63) is 23.0 Å². The van der Waals surface area contributed by atoms with E-state index in [1.165, 1.54) is 7.05 Å². The highest BCUT2D eigenvalue weighted by molar-refractivity contribution is 7.89. The van der Waals surface area contributed by atoms with Crippen LogP contribution in [0.15, 0.2) is 17.0 Å². The number of anilines is 1. The number of sulfonamides is 1. The summed E-state index contributed by atoms with van der Waals surface area (Å²) in [5, 5.41) is 9.77. The summed E-state index contributed by atoms with van der Waals surface area (Å²) in [6.07, 6.45) is 2.14. The van der Waals surface area contributed by atoms with Gasteiger partial charge in [0.05, 0.1) is 22.9 Å². The van der Waals surface area contributed by atoms with E-state index < -0.39 is 28.0 Å². The first-order chi connectivity index (χ1) is 9.75. The summed E-state index contributed by atoms with van der Waals surface area (Å²) in [6, 6.07) is 1.39. The second-order valence-electron chi connectivity index (χ2n) is 5.24. The minimum atomic E-state index is -3.95. The van der Waals surface area contributed by atoms with E-state index in [1.54, 1.807) is 0 Å². The molecule has 1 aliphatic carbocycles. The molecule has 0 saturated heterocycles. The van der Waals surface area contributed by atoms with Gasteiger partial charge in [0.25, 0.3) is 0 Å². The molecule has 0 spiro atoms. The van der Waals surface area contributed by atoms with Crippen LogP contribution in [-0.2, 0) is 10.0 Å². The van der Waals surface area contributed by atoms with Gasteiger partial charge in [0.2, 0.25) is 10.0 Å². The van der Waals surface area contributed by atoms with Crippen molar-refractivity contribution in [2.24, 2.45) is 0 Å².